The number of carbonyl (C=O) groups is 3. The second-order valence-corrected chi connectivity index (χ2v) is 22.0. The first-order chi connectivity index (χ1) is 38.5. The third kappa shape index (κ3) is 63.2. The molecule has 1 unspecified atom stereocenters. The summed E-state index contributed by atoms with van der Waals surface area (Å²) in [6.07, 6.45) is 88.6. The molecule has 0 aromatic rings. The van der Waals surface area contributed by atoms with Crippen LogP contribution in [0.15, 0.2) is 97.2 Å². The molecule has 0 aliphatic heterocycles. The van der Waals surface area contributed by atoms with Crippen LogP contribution in [0.3, 0.4) is 0 Å². The summed E-state index contributed by atoms with van der Waals surface area (Å²) in [7, 11) is 0. The minimum absolute atomic E-state index is 0.108. The summed E-state index contributed by atoms with van der Waals surface area (Å²) in [5.41, 5.74) is 0. The quantitative estimate of drug-likeness (QED) is 0.0261. The van der Waals surface area contributed by atoms with E-state index in [-0.39, 0.29) is 31.6 Å². The van der Waals surface area contributed by atoms with Crippen LogP contribution >= 0.6 is 0 Å². The van der Waals surface area contributed by atoms with Gasteiger partial charge >= 0.3 is 17.9 Å². The molecule has 0 rings (SSSR count). The van der Waals surface area contributed by atoms with Crippen molar-refractivity contribution >= 4 is 17.9 Å². The summed E-state index contributed by atoms with van der Waals surface area (Å²) in [6.45, 7) is 6.49. The molecule has 78 heavy (non-hydrogen) atoms. The highest BCUT2D eigenvalue weighted by molar-refractivity contribution is 5.71. The van der Waals surface area contributed by atoms with E-state index in [1.54, 1.807) is 0 Å². The lowest BCUT2D eigenvalue weighted by molar-refractivity contribution is -0.166. The van der Waals surface area contributed by atoms with Gasteiger partial charge in [0.2, 0.25) is 0 Å². The zero-order valence-corrected chi connectivity index (χ0v) is 51.4. The molecule has 0 aromatic carbocycles. The molecule has 0 aliphatic rings. The van der Waals surface area contributed by atoms with Crippen LogP contribution in [-0.2, 0) is 28.6 Å². The van der Waals surface area contributed by atoms with Gasteiger partial charge in [-0.15, -0.1) is 0 Å². The Hall–Kier alpha value is -3.67. The molecule has 0 aromatic heterocycles. The minimum Gasteiger partial charge on any atom is -0.462 e. The summed E-state index contributed by atoms with van der Waals surface area (Å²) in [5, 5.41) is 0. The lowest BCUT2D eigenvalue weighted by Crippen LogP contribution is -2.30. The maximum absolute atomic E-state index is 12.9. The molecule has 0 saturated carbocycles. The molecule has 0 N–H and O–H groups in total. The largest absolute Gasteiger partial charge is 0.462 e. The highest BCUT2D eigenvalue weighted by Gasteiger charge is 2.19. The Kier molecular flexibility index (Phi) is 62.7. The van der Waals surface area contributed by atoms with Gasteiger partial charge in [0, 0.05) is 19.3 Å². The molecule has 1 atom stereocenters. The van der Waals surface area contributed by atoms with Crippen LogP contribution in [0.2, 0.25) is 0 Å². The van der Waals surface area contributed by atoms with Gasteiger partial charge in [-0.25, -0.2) is 0 Å². The minimum atomic E-state index is -0.822. The number of hydrogen-bond acceptors (Lipinski definition) is 6. The van der Waals surface area contributed by atoms with Gasteiger partial charge < -0.3 is 14.2 Å². The topological polar surface area (TPSA) is 78.9 Å². The Morgan fingerprint density at radius 1 is 0.269 bits per heavy atom. The van der Waals surface area contributed by atoms with E-state index < -0.39 is 12.1 Å². The lowest BCUT2D eigenvalue weighted by Gasteiger charge is -2.18. The Morgan fingerprint density at radius 3 is 0.833 bits per heavy atom. The average Bonchev–Trinajstić information content (AvgIpc) is 3.44. The monoisotopic (exact) mass is 1080 g/mol. The molecule has 6 heteroatoms. The Morgan fingerprint density at radius 2 is 0.526 bits per heavy atom. The van der Waals surface area contributed by atoms with Gasteiger partial charge in [-0.1, -0.05) is 291 Å². The third-order valence-electron chi connectivity index (χ3n) is 14.3. The Bertz CT molecular complexity index is 1530. The number of hydrogen-bond donors (Lipinski definition) is 0. The standard InChI is InChI=1S/C72H124O6/c1-4-7-10-13-16-19-22-25-28-31-34-35-36-37-39-41-44-47-50-53-56-59-62-65-71(74)77-68-69(67-76-70(73)64-61-58-55-52-49-46-43-40-33-30-27-24-21-18-15-12-9-6-3)78-72(75)66-63-60-57-54-51-48-45-42-38-32-29-26-23-20-17-14-11-8-5-2/h8,11,17,20,26,29-31,33-34,38,42,48,51,57,60,69H,4-7,9-10,12-16,18-19,21-25,27-28,32,35-37,39-41,43-47,49-50,52-56,58-59,61-68H2,1-3H3/b11-8-,20-17-,29-26-,33-30-,34-31-,42-38-,51-48-,60-57-. The molecule has 0 spiro atoms. The third-order valence-corrected chi connectivity index (χ3v) is 14.3. The molecule has 0 heterocycles. The molecule has 0 fully saturated rings. The average molecular weight is 1090 g/mol. The zero-order chi connectivity index (χ0) is 56.4. The SMILES string of the molecule is CC/C=C\C/C=C\C/C=C\C/C=C\C/C=C\C/C=C\CCC(=O)OC(COC(=O)CCCCCCCCC/C=C\CCCCCCCCC)COC(=O)CCCCCCCCCCCCC/C=C\CCCCCCCCCC. The van der Waals surface area contributed by atoms with Crippen molar-refractivity contribution in [2.75, 3.05) is 13.2 Å². The lowest BCUT2D eigenvalue weighted by atomic mass is 10.0. The molecular weight excluding hydrogens is 961 g/mol. The van der Waals surface area contributed by atoms with Crippen LogP contribution in [0.4, 0.5) is 0 Å². The van der Waals surface area contributed by atoms with Crippen LogP contribution in [-0.4, -0.2) is 37.2 Å². The van der Waals surface area contributed by atoms with Crippen molar-refractivity contribution in [1.82, 2.24) is 0 Å². The van der Waals surface area contributed by atoms with Gasteiger partial charge in [-0.05, 0) is 109 Å². The number of rotatable bonds is 60. The number of ether oxygens (including phenoxy) is 3. The smallest absolute Gasteiger partial charge is 0.306 e. The number of unbranched alkanes of at least 4 members (excludes halogenated alkanes) is 33. The van der Waals surface area contributed by atoms with Gasteiger partial charge in [-0.3, -0.25) is 14.4 Å². The maximum atomic E-state index is 12.9. The van der Waals surface area contributed by atoms with Crippen molar-refractivity contribution in [3.63, 3.8) is 0 Å². The van der Waals surface area contributed by atoms with Crippen LogP contribution in [0.1, 0.15) is 323 Å². The first-order valence-electron chi connectivity index (χ1n) is 33.2. The van der Waals surface area contributed by atoms with E-state index in [4.69, 9.17) is 14.2 Å². The van der Waals surface area contributed by atoms with Crippen molar-refractivity contribution in [2.45, 2.75) is 329 Å². The number of allylic oxidation sites excluding steroid dienone is 16. The predicted octanol–water partition coefficient (Wildman–Crippen LogP) is 22.8. The molecular formula is C72H124O6. The van der Waals surface area contributed by atoms with Crippen LogP contribution in [0.5, 0.6) is 0 Å². The normalized spacial score (nSPS) is 12.7. The fourth-order valence-electron chi connectivity index (χ4n) is 9.34. The van der Waals surface area contributed by atoms with Crippen molar-refractivity contribution < 1.29 is 28.6 Å². The van der Waals surface area contributed by atoms with E-state index in [1.165, 1.54) is 199 Å². The number of esters is 3. The van der Waals surface area contributed by atoms with E-state index in [0.717, 1.165) is 77.0 Å². The van der Waals surface area contributed by atoms with Gasteiger partial charge in [0.1, 0.15) is 13.2 Å². The van der Waals surface area contributed by atoms with Crippen molar-refractivity contribution in [2.24, 2.45) is 0 Å². The second-order valence-electron chi connectivity index (χ2n) is 22.0. The maximum Gasteiger partial charge on any atom is 0.306 e. The summed E-state index contributed by atoms with van der Waals surface area (Å²) in [6, 6.07) is 0. The fraction of sp³-hybridized carbons (Fsp3) is 0.736. The van der Waals surface area contributed by atoms with Crippen molar-refractivity contribution in [1.29, 1.82) is 0 Å². The van der Waals surface area contributed by atoms with E-state index >= 15 is 0 Å². The van der Waals surface area contributed by atoms with E-state index in [2.05, 4.69) is 112 Å². The summed E-state index contributed by atoms with van der Waals surface area (Å²) in [5.74, 6) is -0.987. The first kappa shape index (κ1) is 74.3. The molecule has 0 bridgehead atoms. The van der Waals surface area contributed by atoms with Crippen molar-refractivity contribution in [3.05, 3.63) is 97.2 Å². The zero-order valence-electron chi connectivity index (χ0n) is 51.4. The molecule has 0 amide bonds. The van der Waals surface area contributed by atoms with Crippen LogP contribution in [0, 0.1) is 0 Å². The van der Waals surface area contributed by atoms with Gasteiger partial charge in [0.15, 0.2) is 6.10 Å². The molecule has 0 radical (unpaired) electrons. The van der Waals surface area contributed by atoms with E-state index in [0.29, 0.717) is 19.3 Å². The van der Waals surface area contributed by atoms with Crippen LogP contribution < -0.4 is 0 Å². The summed E-state index contributed by atoms with van der Waals surface area (Å²) in [4.78, 5) is 38.3. The van der Waals surface area contributed by atoms with Crippen LogP contribution in [0.25, 0.3) is 0 Å². The molecule has 6 nitrogen and oxygen atoms in total. The Balaban J connectivity index is 4.45. The van der Waals surface area contributed by atoms with Gasteiger partial charge in [-0.2, -0.15) is 0 Å². The number of carbonyl (C=O) groups excluding carboxylic acids is 3. The summed E-state index contributed by atoms with van der Waals surface area (Å²) < 4.78 is 16.9. The molecule has 0 saturated heterocycles. The molecule has 0 aliphatic carbocycles. The summed E-state index contributed by atoms with van der Waals surface area (Å²) >= 11 is 0. The first-order valence-corrected chi connectivity index (χ1v) is 33.2. The highest BCUT2D eigenvalue weighted by atomic mass is 16.6. The van der Waals surface area contributed by atoms with E-state index in [1.807, 2.05) is 6.08 Å². The van der Waals surface area contributed by atoms with Gasteiger partial charge in [0.05, 0.1) is 0 Å². The van der Waals surface area contributed by atoms with Gasteiger partial charge in [0.25, 0.3) is 0 Å². The van der Waals surface area contributed by atoms with E-state index in [9.17, 15) is 14.4 Å². The second kappa shape index (κ2) is 65.8. The van der Waals surface area contributed by atoms with Crippen molar-refractivity contribution in [3.8, 4) is 0 Å². The predicted molar refractivity (Wildman–Crippen MR) is 339 cm³/mol. The Labute approximate surface area is 483 Å². The highest BCUT2D eigenvalue weighted by Crippen LogP contribution is 2.16. The fourth-order valence-corrected chi connectivity index (χ4v) is 9.34. The molecule has 448 valence electrons.